The number of rotatable bonds is 5. The summed E-state index contributed by atoms with van der Waals surface area (Å²) >= 11 is 0. The van der Waals surface area contributed by atoms with Gasteiger partial charge >= 0.3 is 6.09 Å². The lowest BCUT2D eigenvalue weighted by Gasteiger charge is -2.29. The van der Waals surface area contributed by atoms with Gasteiger partial charge in [-0.2, -0.15) is 0 Å². The predicted molar refractivity (Wildman–Crippen MR) is 113 cm³/mol. The highest BCUT2D eigenvalue weighted by Gasteiger charge is 2.24. The number of benzene rings is 1. The number of nitrogens with one attached hydrogen (secondary N) is 3. The van der Waals surface area contributed by atoms with E-state index in [9.17, 15) is 9.18 Å². The van der Waals surface area contributed by atoms with E-state index in [1.165, 1.54) is 6.07 Å². The van der Waals surface area contributed by atoms with E-state index in [0.717, 1.165) is 0 Å². The molecular formula is C18H30FIN4O2. The summed E-state index contributed by atoms with van der Waals surface area (Å²) in [5, 5.41) is 8.97. The van der Waals surface area contributed by atoms with Crippen LogP contribution in [0.4, 0.5) is 9.18 Å². The number of carbonyl (C=O) groups excluding carboxylic acids is 1. The second-order valence-electron chi connectivity index (χ2n) is 7.38. The van der Waals surface area contributed by atoms with E-state index in [-0.39, 0.29) is 29.8 Å². The molecule has 0 saturated heterocycles. The van der Waals surface area contributed by atoms with E-state index in [1.807, 2.05) is 34.6 Å². The first kappa shape index (κ1) is 24.4. The lowest BCUT2D eigenvalue weighted by molar-refractivity contribution is 0.0474. The number of ether oxygens (including phenoxy) is 1. The number of alkyl carbamates (subject to hydrolysis) is 1. The molecule has 3 N–H and O–H groups in total. The molecule has 8 heteroatoms. The van der Waals surface area contributed by atoms with Crippen LogP contribution in [0.25, 0.3) is 0 Å². The van der Waals surface area contributed by atoms with E-state index in [2.05, 4.69) is 20.9 Å². The molecule has 1 aromatic carbocycles. The number of carbonyl (C=O) groups is 1. The second-order valence-corrected chi connectivity index (χ2v) is 7.38. The zero-order valence-electron chi connectivity index (χ0n) is 16.3. The van der Waals surface area contributed by atoms with Crippen LogP contribution < -0.4 is 16.0 Å². The standard InChI is InChI=1S/C18H29FN4O2.HI/c1-17(2,3)25-16(24)23-18(4,5)12-22-15(20-6)21-11-13-9-7-8-10-14(13)19;/h7-10H,11-12H2,1-6H3,(H,23,24)(H2,20,21,22);1H. The summed E-state index contributed by atoms with van der Waals surface area (Å²) in [5.41, 5.74) is -0.556. The van der Waals surface area contributed by atoms with Crippen LogP contribution in [0.5, 0.6) is 0 Å². The van der Waals surface area contributed by atoms with Crippen molar-refractivity contribution in [1.29, 1.82) is 0 Å². The van der Waals surface area contributed by atoms with Gasteiger partial charge in [0.2, 0.25) is 0 Å². The molecule has 0 atom stereocenters. The first-order valence-electron chi connectivity index (χ1n) is 8.21. The van der Waals surface area contributed by atoms with Gasteiger partial charge in [-0.05, 0) is 40.7 Å². The van der Waals surface area contributed by atoms with Gasteiger partial charge in [-0.3, -0.25) is 4.99 Å². The topological polar surface area (TPSA) is 74.8 Å². The van der Waals surface area contributed by atoms with Crippen LogP contribution in [0, 0.1) is 5.82 Å². The van der Waals surface area contributed by atoms with Crippen LogP contribution in [0.2, 0.25) is 0 Å². The smallest absolute Gasteiger partial charge is 0.408 e. The van der Waals surface area contributed by atoms with Gasteiger partial charge in [-0.1, -0.05) is 18.2 Å². The molecule has 1 aromatic rings. The molecule has 0 heterocycles. The minimum absolute atomic E-state index is 0. The number of nitrogens with zero attached hydrogens (tertiary/aromatic N) is 1. The Morgan fingerprint density at radius 1 is 1.15 bits per heavy atom. The van der Waals surface area contributed by atoms with Gasteiger partial charge in [0, 0.05) is 25.7 Å². The van der Waals surface area contributed by atoms with Gasteiger partial charge in [0.25, 0.3) is 0 Å². The number of halogens is 2. The van der Waals surface area contributed by atoms with Crippen molar-refractivity contribution in [3.63, 3.8) is 0 Å². The van der Waals surface area contributed by atoms with Crippen molar-refractivity contribution >= 4 is 36.0 Å². The molecule has 0 saturated carbocycles. The molecule has 0 radical (unpaired) electrons. The lowest BCUT2D eigenvalue weighted by Crippen LogP contribution is -2.54. The molecule has 0 spiro atoms. The summed E-state index contributed by atoms with van der Waals surface area (Å²) in [6.45, 7) is 9.91. The van der Waals surface area contributed by atoms with E-state index in [4.69, 9.17) is 4.74 Å². The Labute approximate surface area is 172 Å². The van der Waals surface area contributed by atoms with E-state index in [1.54, 1.807) is 25.2 Å². The predicted octanol–water partition coefficient (Wildman–Crippen LogP) is 3.41. The number of amides is 1. The van der Waals surface area contributed by atoms with Crippen LogP contribution in [0.3, 0.4) is 0 Å². The summed E-state index contributed by atoms with van der Waals surface area (Å²) in [6, 6.07) is 6.56. The zero-order chi connectivity index (χ0) is 19.1. The zero-order valence-corrected chi connectivity index (χ0v) is 18.6. The van der Waals surface area contributed by atoms with Crippen LogP contribution in [0.15, 0.2) is 29.3 Å². The van der Waals surface area contributed by atoms with Crippen LogP contribution in [-0.4, -0.2) is 36.8 Å². The SMILES string of the molecule is CN=C(NCc1ccccc1F)NCC(C)(C)NC(=O)OC(C)(C)C.I. The summed E-state index contributed by atoms with van der Waals surface area (Å²) in [5.74, 6) is 0.250. The van der Waals surface area contributed by atoms with E-state index >= 15 is 0 Å². The average Bonchev–Trinajstić information content (AvgIpc) is 2.46. The molecule has 0 aliphatic heterocycles. The largest absolute Gasteiger partial charge is 0.444 e. The van der Waals surface area contributed by atoms with Crippen molar-refractivity contribution in [2.75, 3.05) is 13.6 Å². The normalized spacial score (nSPS) is 12.0. The van der Waals surface area contributed by atoms with E-state index < -0.39 is 17.2 Å². The van der Waals surface area contributed by atoms with Crippen molar-refractivity contribution < 1.29 is 13.9 Å². The molecular weight excluding hydrogens is 450 g/mol. The highest BCUT2D eigenvalue weighted by Crippen LogP contribution is 2.09. The van der Waals surface area contributed by atoms with Gasteiger partial charge in [0.15, 0.2) is 5.96 Å². The number of guanidine groups is 1. The fourth-order valence-corrected chi connectivity index (χ4v) is 1.97. The van der Waals surface area contributed by atoms with Crippen molar-refractivity contribution in [3.05, 3.63) is 35.6 Å². The fraction of sp³-hybridized carbons (Fsp3) is 0.556. The van der Waals surface area contributed by atoms with Crippen LogP contribution in [0.1, 0.15) is 40.2 Å². The van der Waals surface area contributed by atoms with Crippen molar-refractivity contribution in [3.8, 4) is 0 Å². The van der Waals surface area contributed by atoms with Crippen LogP contribution >= 0.6 is 24.0 Å². The Morgan fingerprint density at radius 3 is 2.31 bits per heavy atom. The van der Waals surface area contributed by atoms with Crippen molar-refractivity contribution in [2.24, 2.45) is 4.99 Å². The molecule has 26 heavy (non-hydrogen) atoms. The Kier molecular flexibility index (Phi) is 9.90. The van der Waals surface area contributed by atoms with Crippen molar-refractivity contribution in [2.45, 2.75) is 52.3 Å². The minimum Gasteiger partial charge on any atom is -0.444 e. The first-order valence-corrected chi connectivity index (χ1v) is 8.21. The maximum absolute atomic E-state index is 13.6. The maximum Gasteiger partial charge on any atom is 0.408 e. The Bertz CT molecular complexity index is 615. The molecule has 0 unspecified atom stereocenters. The fourth-order valence-electron chi connectivity index (χ4n) is 1.97. The molecule has 1 amide bonds. The Hall–Kier alpha value is -1.58. The molecule has 0 aliphatic rings. The summed E-state index contributed by atoms with van der Waals surface area (Å²) in [6.07, 6.45) is -0.478. The van der Waals surface area contributed by atoms with Gasteiger partial charge in [-0.15, -0.1) is 24.0 Å². The number of hydrogen-bond donors (Lipinski definition) is 3. The Balaban J connectivity index is 0.00000625. The molecule has 0 aromatic heterocycles. The highest BCUT2D eigenvalue weighted by atomic mass is 127. The third-order valence-electron chi connectivity index (χ3n) is 3.16. The third kappa shape index (κ3) is 9.79. The summed E-state index contributed by atoms with van der Waals surface area (Å²) in [4.78, 5) is 16.0. The first-order chi connectivity index (χ1) is 11.5. The average molecular weight is 480 g/mol. The molecule has 6 nitrogen and oxygen atoms in total. The van der Waals surface area contributed by atoms with Gasteiger partial charge in [0.1, 0.15) is 11.4 Å². The Morgan fingerprint density at radius 2 is 1.77 bits per heavy atom. The highest BCUT2D eigenvalue weighted by molar-refractivity contribution is 14.0. The molecule has 148 valence electrons. The minimum atomic E-state index is -0.558. The lowest BCUT2D eigenvalue weighted by atomic mass is 10.1. The second kappa shape index (κ2) is 10.5. The molecule has 0 fully saturated rings. The van der Waals surface area contributed by atoms with E-state index in [0.29, 0.717) is 24.6 Å². The molecule has 1 rings (SSSR count). The van der Waals surface area contributed by atoms with Gasteiger partial charge in [0.05, 0.1) is 5.54 Å². The van der Waals surface area contributed by atoms with Crippen LogP contribution in [-0.2, 0) is 11.3 Å². The summed E-state index contributed by atoms with van der Waals surface area (Å²) in [7, 11) is 1.63. The molecule has 0 bridgehead atoms. The van der Waals surface area contributed by atoms with Crippen molar-refractivity contribution in [1.82, 2.24) is 16.0 Å². The third-order valence-corrected chi connectivity index (χ3v) is 3.16. The summed E-state index contributed by atoms with van der Waals surface area (Å²) < 4.78 is 18.9. The molecule has 0 aliphatic carbocycles. The quantitative estimate of drug-likeness (QED) is 0.343. The number of aliphatic imine (C=N–C) groups is 1. The van der Waals surface area contributed by atoms with Gasteiger partial charge in [-0.25, -0.2) is 9.18 Å². The monoisotopic (exact) mass is 480 g/mol. The number of hydrogen-bond acceptors (Lipinski definition) is 3. The van der Waals surface area contributed by atoms with Gasteiger partial charge < -0.3 is 20.7 Å². The maximum atomic E-state index is 13.6.